The second-order valence-corrected chi connectivity index (χ2v) is 6.37. The number of aliphatic carboxylic acids is 1. The fourth-order valence-corrected chi connectivity index (χ4v) is 3.10. The SMILES string of the molecule is Cl.O=C(O)CNC(=O)CN1CCCC(NC(=O)c2cc3ccccc3o2)C1. The Kier molecular flexibility index (Phi) is 7.20. The number of carbonyl (C=O) groups is 3. The molecule has 3 rings (SSSR count). The van der Waals surface area contributed by atoms with Gasteiger partial charge in [-0.25, -0.2) is 0 Å². The number of hydrogen-bond acceptors (Lipinski definition) is 5. The number of rotatable bonds is 6. The maximum atomic E-state index is 12.4. The summed E-state index contributed by atoms with van der Waals surface area (Å²) in [5, 5.41) is 14.8. The number of carboxylic acids is 1. The monoisotopic (exact) mass is 395 g/mol. The highest BCUT2D eigenvalue weighted by molar-refractivity contribution is 5.96. The van der Waals surface area contributed by atoms with Crippen molar-refractivity contribution in [2.45, 2.75) is 18.9 Å². The van der Waals surface area contributed by atoms with Gasteiger partial charge in [-0.3, -0.25) is 19.3 Å². The minimum atomic E-state index is -1.08. The van der Waals surface area contributed by atoms with Crippen LogP contribution < -0.4 is 10.6 Å². The van der Waals surface area contributed by atoms with Crippen LogP contribution >= 0.6 is 12.4 Å². The lowest BCUT2D eigenvalue weighted by Crippen LogP contribution is -2.50. The van der Waals surface area contributed by atoms with Crippen LogP contribution in [0.5, 0.6) is 0 Å². The van der Waals surface area contributed by atoms with Crippen LogP contribution in [0.25, 0.3) is 11.0 Å². The summed E-state index contributed by atoms with van der Waals surface area (Å²) in [7, 11) is 0. The third-order valence-corrected chi connectivity index (χ3v) is 4.29. The first-order valence-corrected chi connectivity index (χ1v) is 8.51. The summed E-state index contributed by atoms with van der Waals surface area (Å²) in [5.74, 6) is -1.42. The van der Waals surface area contributed by atoms with Crippen molar-refractivity contribution in [3.63, 3.8) is 0 Å². The molecule has 27 heavy (non-hydrogen) atoms. The number of hydrogen-bond donors (Lipinski definition) is 3. The summed E-state index contributed by atoms with van der Waals surface area (Å²) in [6.45, 7) is 0.993. The minimum absolute atomic E-state index is 0. The molecule has 1 aromatic heterocycles. The predicted octanol–water partition coefficient (Wildman–Crippen LogP) is 1.25. The van der Waals surface area contributed by atoms with E-state index in [2.05, 4.69) is 10.6 Å². The fourth-order valence-electron chi connectivity index (χ4n) is 3.10. The van der Waals surface area contributed by atoms with E-state index in [0.29, 0.717) is 12.1 Å². The smallest absolute Gasteiger partial charge is 0.322 e. The number of halogens is 1. The van der Waals surface area contributed by atoms with Gasteiger partial charge >= 0.3 is 5.97 Å². The van der Waals surface area contributed by atoms with Gasteiger partial charge in [-0.15, -0.1) is 12.4 Å². The Morgan fingerprint density at radius 3 is 2.78 bits per heavy atom. The van der Waals surface area contributed by atoms with Gasteiger partial charge in [-0.05, 0) is 31.5 Å². The van der Waals surface area contributed by atoms with Crippen LogP contribution in [0.3, 0.4) is 0 Å². The largest absolute Gasteiger partial charge is 0.480 e. The molecule has 1 aliphatic rings. The van der Waals surface area contributed by atoms with Crippen molar-refractivity contribution in [1.29, 1.82) is 0 Å². The summed E-state index contributed by atoms with van der Waals surface area (Å²) in [6, 6.07) is 9.05. The van der Waals surface area contributed by atoms with Crippen LogP contribution in [0.15, 0.2) is 34.7 Å². The number of likely N-dealkylation sites (tertiary alicyclic amines) is 1. The number of benzene rings is 1. The second-order valence-electron chi connectivity index (χ2n) is 6.37. The van der Waals surface area contributed by atoms with Crippen molar-refractivity contribution in [2.75, 3.05) is 26.2 Å². The number of carbonyl (C=O) groups excluding carboxylic acids is 2. The first-order valence-electron chi connectivity index (χ1n) is 8.51. The maximum Gasteiger partial charge on any atom is 0.322 e. The average Bonchev–Trinajstić information content (AvgIpc) is 3.04. The molecule has 2 amide bonds. The van der Waals surface area contributed by atoms with Gasteiger partial charge in [0.1, 0.15) is 12.1 Å². The molecule has 1 aromatic carbocycles. The molecule has 8 nitrogen and oxygen atoms in total. The number of para-hydroxylation sites is 1. The van der Waals surface area contributed by atoms with Gasteiger partial charge in [0.2, 0.25) is 5.91 Å². The van der Waals surface area contributed by atoms with Crippen molar-refractivity contribution in [3.05, 3.63) is 36.1 Å². The predicted molar refractivity (Wildman–Crippen MR) is 101 cm³/mol. The lowest BCUT2D eigenvalue weighted by molar-refractivity contribution is -0.138. The molecule has 0 saturated carbocycles. The summed E-state index contributed by atoms with van der Waals surface area (Å²) in [5.41, 5.74) is 0.665. The number of nitrogens with zero attached hydrogens (tertiary/aromatic N) is 1. The van der Waals surface area contributed by atoms with E-state index in [1.807, 2.05) is 29.2 Å². The quantitative estimate of drug-likeness (QED) is 0.678. The first kappa shape index (κ1) is 20.7. The van der Waals surface area contributed by atoms with Gasteiger partial charge in [0, 0.05) is 18.0 Å². The van der Waals surface area contributed by atoms with Gasteiger partial charge in [-0.1, -0.05) is 18.2 Å². The molecule has 1 atom stereocenters. The van der Waals surface area contributed by atoms with E-state index in [9.17, 15) is 14.4 Å². The molecule has 2 heterocycles. The van der Waals surface area contributed by atoms with Crippen LogP contribution in [0.2, 0.25) is 0 Å². The third kappa shape index (κ3) is 5.70. The van der Waals surface area contributed by atoms with E-state index < -0.39 is 5.97 Å². The molecule has 1 aliphatic heterocycles. The Morgan fingerprint density at radius 1 is 1.26 bits per heavy atom. The normalized spacial score (nSPS) is 17.1. The van der Waals surface area contributed by atoms with Crippen molar-refractivity contribution >= 4 is 41.2 Å². The highest BCUT2D eigenvalue weighted by Crippen LogP contribution is 2.19. The molecule has 1 unspecified atom stereocenters. The second kappa shape index (κ2) is 9.38. The van der Waals surface area contributed by atoms with E-state index in [4.69, 9.17) is 9.52 Å². The topological polar surface area (TPSA) is 112 Å². The van der Waals surface area contributed by atoms with Crippen LogP contribution in [0.4, 0.5) is 0 Å². The van der Waals surface area contributed by atoms with Crippen molar-refractivity contribution < 1.29 is 23.9 Å². The molecule has 146 valence electrons. The van der Waals surface area contributed by atoms with E-state index in [-0.39, 0.29) is 49.1 Å². The summed E-state index contributed by atoms with van der Waals surface area (Å²) < 4.78 is 5.57. The third-order valence-electron chi connectivity index (χ3n) is 4.29. The van der Waals surface area contributed by atoms with Gasteiger partial charge in [0.05, 0.1) is 6.54 Å². The Morgan fingerprint density at radius 2 is 2.04 bits per heavy atom. The molecule has 9 heteroatoms. The first-order chi connectivity index (χ1) is 12.5. The molecule has 0 radical (unpaired) electrons. The molecule has 1 saturated heterocycles. The molecule has 2 aromatic rings. The summed E-state index contributed by atoms with van der Waals surface area (Å²) in [6.07, 6.45) is 1.66. The van der Waals surface area contributed by atoms with E-state index in [1.54, 1.807) is 6.07 Å². The van der Waals surface area contributed by atoms with E-state index >= 15 is 0 Å². The zero-order valence-corrected chi connectivity index (χ0v) is 15.5. The Labute approximate surface area is 162 Å². The van der Waals surface area contributed by atoms with Crippen molar-refractivity contribution in [3.8, 4) is 0 Å². The van der Waals surface area contributed by atoms with Crippen LogP contribution in [-0.4, -0.2) is 60.0 Å². The van der Waals surface area contributed by atoms with Crippen LogP contribution in [0, 0.1) is 0 Å². The maximum absolute atomic E-state index is 12.4. The number of amides is 2. The number of fused-ring (bicyclic) bond motifs is 1. The molecule has 0 bridgehead atoms. The summed E-state index contributed by atoms with van der Waals surface area (Å²) >= 11 is 0. The van der Waals surface area contributed by atoms with E-state index in [1.165, 1.54) is 0 Å². The van der Waals surface area contributed by atoms with Crippen molar-refractivity contribution in [2.24, 2.45) is 0 Å². The van der Waals surface area contributed by atoms with Crippen LogP contribution in [-0.2, 0) is 9.59 Å². The fraction of sp³-hybridized carbons (Fsp3) is 0.389. The average molecular weight is 396 g/mol. The molecule has 1 fully saturated rings. The zero-order chi connectivity index (χ0) is 18.5. The lowest BCUT2D eigenvalue weighted by Gasteiger charge is -2.32. The molecule has 0 spiro atoms. The van der Waals surface area contributed by atoms with Crippen LogP contribution in [0.1, 0.15) is 23.4 Å². The number of nitrogens with one attached hydrogen (secondary N) is 2. The molecule has 0 aliphatic carbocycles. The van der Waals surface area contributed by atoms with E-state index in [0.717, 1.165) is 24.8 Å². The van der Waals surface area contributed by atoms with Crippen molar-refractivity contribution in [1.82, 2.24) is 15.5 Å². The zero-order valence-electron chi connectivity index (χ0n) is 14.6. The van der Waals surface area contributed by atoms with Gasteiger partial charge in [0.15, 0.2) is 5.76 Å². The molecule has 3 N–H and O–H groups in total. The van der Waals surface area contributed by atoms with Gasteiger partial charge < -0.3 is 20.2 Å². The van der Waals surface area contributed by atoms with Gasteiger partial charge in [-0.2, -0.15) is 0 Å². The Bertz CT molecular complexity index is 789. The minimum Gasteiger partial charge on any atom is -0.480 e. The standard InChI is InChI=1S/C18H21N3O5.ClH/c22-16(19-9-17(23)24)11-21-7-3-5-13(10-21)20-18(25)15-8-12-4-1-2-6-14(12)26-15;/h1-2,4,6,8,13H,3,5,7,9-11H2,(H,19,22)(H,20,25)(H,23,24);1H. The Hall–Kier alpha value is -2.58. The molecular formula is C18H22ClN3O5. The highest BCUT2D eigenvalue weighted by atomic mass is 35.5. The number of piperidine rings is 1. The number of carboxylic acid groups (broad SMARTS) is 1. The molecular weight excluding hydrogens is 374 g/mol. The highest BCUT2D eigenvalue weighted by Gasteiger charge is 2.24. The Balaban J connectivity index is 0.00000261. The lowest BCUT2D eigenvalue weighted by atomic mass is 10.1. The number of furan rings is 1. The summed E-state index contributed by atoms with van der Waals surface area (Å²) in [4.78, 5) is 36.6. The van der Waals surface area contributed by atoms with Gasteiger partial charge in [0.25, 0.3) is 5.91 Å².